The number of halogens is 2. The zero-order valence-corrected chi connectivity index (χ0v) is 15.9. The topological polar surface area (TPSA) is 24.8 Å². The average molecular weight is 395 g/mol. The van der Waals surface area contributed by atoms with Crippen molar-refractivity contribution in [3.05, 3.63) is 99.5 Å². The number of benzene rings is 3. The van der Waals surface area contributed by atoms with Crippen molar-refractivity contribution >= 4 is 28.9 Å². The molecule has 2 aliphatic heterocycles. The van der Waals surface area contributed by atoms with Crippen LogP contribution in [-0.2, 0) is 0 Å². The van der Waals surface area contributed by atoms with Gasteiger partial charge in [-0.25, -0.2) is 5.01 Å². The molecule has 2 atom stereocenters. The average Bonchev–Trinajstić information content (AvgIpc) is 3.15. The van der Waals surface area contributed by atoms with Gasteiger partial charge >= 0.3 is 0 Å². The van der Waals surface area contributed by atoms with Crippen LogP contribution in [0.5, 0.6) is 5.75 Å². The van der Waals surface area contributed by atoms with E-state index in [-0.39, 0.29) is 12.3 Å². The van der Waals surface area contributed by atoms with Gasteiger partial charge < -0.3 is 4.74 Å². The van der Waals surface area contributed by atoms with Crippen LogP contribution in [0.3, 0.4) is 0 Å². The second-order valence-electron chi connectivity index (χ2n) is 6.69. The number of hydrazone groups is 1. The molecule has 2 heterocycles. The molecule has 0 aromatic heterocycles. The predicted molar refractivity (Wildman–Crippen MR) is 108 cm³/mol. The summed E-state index contributed by atoms with van der Waals surface area (Å²) in [6.45, 7) is 0. The first-order valence-corrected chi connectivity index (χ1v) is 9.58. The molecule has 0 N–H and O–H groups in total. The molecule has 0 unspecified atom stereocenters. The van der Waals surface area contributed by atoms with Gasteiger partial charge in [-0.05, 0) is 29.8 Å². The quantitative estimate of drug-likeness (QED) is 0.513. The van der Waals surface area contributed by atoms with E-state index < -0.39 is 0 Å². The van der Waals surface area contributed by atoms with Gasteiger partial charge in [0.15, 0.2) is 0 Å². The number of ether oxygens (including phenoxy) is 1. The molecular weight excluding hydrogens is 379 g/mol. The molecular formula is C22H16Cl2N2O. The molecule has 0 aliphatic carbocycles. The maximum Gasteiger partial charge on any atom is 0.215 e. The third kappa shape index (κ3) is 2.88. The van der Waals surface area contributed by atoms with Crippen molar-refractivity contribution in [3.63, 3.8) is 0 Å². The van der Waals surface area contributed by atoms with E-state index >= 15 is 0 Å². The third-order valence-corrected chi connectivity index (χ3v) is 5.61. The molecule has 3 aromatic rings. The molecule has 134 valence electrons. The van der Waals surface area contributed by atoms with Crippen LogP contribution in [0.1, 0.15) is 35.4 Å². The Hall–Kier alpha value is -2.49. The fourth-order valence-electron chi connectivity index (χ4n) is 3.74. The summed E-state index contributed by atoms with van der Waals surface area (Å²) in [6, 6.07) is 23.8. The van der Waals surface area contributed by atoms with Crippen LogP contribution in [0.2, 0.25) is 10.0 Å². The number of nitrogens with zero attached hydrogens (tertiary/aromatic N) is 2. The summed E-state index contributed by atoms with van der Waals surface area (Å²) < 4.78 is 6.33. The van der Waals surface area contributed by atoms with Gasteiger partial charge in [0, 0.05) is 27.6 Å². The first kappa shape index (κ1) is 16.7. The molecule has 0 saturated heterocycles. The number of hydrogen-bond acceptors (Lipinski definition) is 3. The Kier molecular flexibility index (Phi) is 4.07. The van der Waals surface area contributed by atoms with Gasteiger partial charge in [0.05, 0.1) is 11.8 Å². The normalized spacial score (nSPS) is 20.5. The monoisotopic (exact) mass is 394 g/mol. The van der Waals surface area contributed by atoms with Crippen molar-refractivity contribution in [2.45, 2.75) is 18.7 Å². The van der Waals surface area contributed by atoms with Crippen LogP contribution in [0.25, 0.3) is 0 Å². The highest BCUT2D eigenvalue weighted by Crippen LogP contribution is 2.49. The number of hydrogen-bond donors (Lipinski definition) is 0. The van der Waals surface area contributed by atoms with Crippen LogP contribution >= 0.6 is 23.2 Å². The number of fused-ring (bicyclic) bond motifs is 3. The maximum atomic E-state index is 6.48. The summed E-state index contributed by atoms with van der Waals surface area (Å²) in [5, 5.41) is 8.31. The molecule has 0 fully saturated rings. The molecule has 0 bridgehead atoms. The molecule has 0 spiro atoms. The standard InChI is InChI=1S/C22H16Cl2N2O/c23-15-10-11-21-17(12-15)20-13-19(14-6-2-1-3-7-14)25-26(20)22(27-21)16-8-4-5-9-18(16)24/h1-12,20,22H,13H2/t20-,22+/m0/s1. The summed E-state index contributed by atoms with van der Waals surface area (Å²) in [4.78, 5) is 0. The molecule has 27 heavy (non-hydrogen) atoms. The smallest absolute Gasteiger partial charge is 0.215 e. The Morgan fingerprint density at radius 3 is 2.48 bits per heavy atom. The molecule has 2 aliphatic rings. The highest BCUT2D eigenvalue weighted by atomic mass is 35.5. The van der Waals surface area contributed by atoms with Gasteiger partial charge in [-0.1, -0.05) is 71.7 Å². The lowest BCUT2D eigenvalue weighted by atomic mass is 9.96. The molecule has 0 radical (unpaired) electrons. The Labute approximate surface area is 167 Å². The molecule has 5 rings (SSSR count). The van der Waals surface area contributed by atoms with Crippen LogP contribution in [0.15, 0.2) is 77.9 Å². The Balaban J connectivity index is 1.64. The first-order valence-electron chi connectivity index (χ1n) is 8.82. The zero-order chi connectivity index (χ0) is 18.4. The van der Waals surface area contributed by atoms with E-state index in [9.17, 15) is 0 Å². The fraction of sp³-hybridized carbons (Fsp3) is 0.136. The van der Waals surface area contributed by atoms with Crippen molar-refractivity contribution in [2.24, 2.45) is 5.10 Å². The van der Waals surface area contributed by atoms with Gasteiger partial charge in [-0.15, -0.1) is 0 Å². The largest absolute Gasteiger partial charge is 0.464 e. The van der Waals surface area contributed by atoms with Gasteiger partial charge in [0.25, 0.3) is 0 Å². The van der Waals surface area contributed by atoms with Crippen LogP contribution in [0, 0.1) is 0 Å². The molecule has 0 amide bonds. The van der Waals surface area contributed by atoms with Crippen molar-refractivity contribution in [1.82, 2.24) is 5.01 Å². The lowest BCUT2D eigenvalue weighted by molar-refractivity contribution is -0.0189. The predicted octanol–water partition coefficient (Wildman–Crippen LogP) is 6.24. The lowest BCUT2D eigenvalue weighted by Crippen LogP contribution is -2.33. The van der Waals surface area contributed by atoms with Gasteiger partial charge in [-0.3, -0.25) is 0 Å². The zero-order valence-electron chi connectivity index (χ0n) is 14.3. The van der Waals surface area contributed by atoms with Crippen molar-refractivity contribution in [2.75, 3.05) is 0 Å². The minimum absolute atomic E-state index is 0.0592. The molecule has 0 saturated carbocycles. The van der Waals surface area contributed by atoms with Crippen molar-refractivity contribution in [1.29, 1.82) is 0 Å². The van der Waals surface area contributed by atoms with E-state index in [0.29, 0.717) is 10.0 Å². The Bertz CT molecular complexity index is 1040. The summed E-state index contributed by atoms with van der Waals surface area (Å²) >= 11 is 12.7. The fourth-order valence-corrected chi connectivity index (χ4v) is 4.15. The van der Waals surface area contributed by atoms with E-state index in [1.165, 1.54) is 0 Å². The van der Waals surface area contributed by atoms with Crippen molar-refractivity contribution in [3.8, 4) is 5.75 Å². The van der Waals surface area contributed by atoms with E-state index in [2.05, 4.69) is 12.1 Å². The maximum absolute atomic E-state index is 6.48. The van der Waals surface area contributed by atoms with Crippen LogP contribution in [-0.4, -0.2) is 10.7 Å². The molecule has 3 aromatic carbocycles. The van der Waals surface area contributed by atoms with Crippen molar-refractivity contribution < 1.29 is 4.74 Å². The molecule has 3 nitrogen and oxygen atoms in total. The molecule has 5 heteroatoms. The van der Waals surface area contributed by atoms with Crippen LogP contribution in [0.4, 0.5) is 0 Å². The Morgan fingerprint density at radius 1 is 0.889 bits per heavy atom. The summed E-state index contributed by atoms with van der Waals surface area (Å²) in [5.41, 5.74) is 4.12. The van der Waals surface area contributed by atoms with Gasteiger partial charge in [-0.2, -0.15) is 5.10 Å². The SMILES string of the molecule is Clc1ccc2c(c1)[C@@H]1CC(c3ccccc3)=NN1[C@@H](c1ccccc1Cl)O2. The van der Waals surface area contributed by atoms with Gasteiger partial charge in [0.2, 0.25) is 6.23 Å². The second-order valence-corrected chi connectivity index (χ2v) is 7.53. The minimum Gasteiger partial charge on any atom is -0.464 e. The van der Waals surface area contributed by atoms with Gasteiger partial charge in [0.1, 0.15) is 5.75 Å². The third-order valence-electron chi connectivity index (χ3n) is 5.03. The highest BCUT2D eigenvalue weighted by molar-refractivity contribution is 6.31. The Morgan fingerprint density at radius 2 is 1.67 bits per heavy atom. The van der Waals surface area contributed by atoms with E-state index in [1.54, 1.807) is 0 Å². The summed E-state index contributed by atoms with van der Waals surface area (Å²) in [6.07, 6.45) is 0.417. The summed E-state index contributed by atoms with van der Waals surface area (Å²) in [7, 11) is 0. The van der Waals surface area contributed by atoms with E-state index in [0.717, 1.165) is 34.6 Å². The number of rotatable bonds is 2. The van der Waals surface area contributed by atoms with E-state index in [4.69, 9.17) is 33.0 Å². The summed E-state index contributed by atoms with van der Waals surface area (Å²) in [5.74, 6) is 0.829. The highest BCUT2D eigenvalue weighted by Gasteiger charge is 2.41. The minimum atomic E-state index is -0.376. The van der Waals surface area contributed by atoms with E-state index in [1.807, 2.05) is 65.7 Å². The lowest BCUT2D eigenvalue weighted by Gasteiger charge is -2.38. The van der Waals surface area contributed by atoms with Crippen LogP contribution < -0.4 is 4.74 Å². The first-order chi connectivity index (χ1) is 13.2. The second kappa shape index (κ2) is 6.59.